The Balaban J connectivity index is 2.38. The molecule has 0 amide bonds. The van der Waals surface area contributed by atoms with E-state index in [9.17, 15) is 14.5 Å². The fourth-order valence-electron chi connectivity index (χ4n) is 1.50. The van der Waals surface area contributed by atoms with Crippen LogP contribution in [0.1, 0.15) is 5.56 Å². The van der Waals surface area contributed by atoms with E-state index in [-0.39, 0.29) is 22.1 Å². The van der Waals surface area contributed by atoms with Crippen LogP contribution in [0, 0.1) is 27.3 Å². The third-order valence-electron chi connectivity index (χ3n) is 2.41. The summed E-state index contributed by atoms with van der Waals surface area (Å²) >= 11 is 5.83. The van der Waals surface area contributed by atoms with E-state index in [1.807, 2.05) is 6.07 Å². The molecule has 0 N–H and O–H groups in total. The molecule has 0 unspecified atom stereocenters. The molecule has 7 heteroatoms. The van der Waals surface area contributed by atoms with Crippen LogP contribution in [0.3, 0.4) is 0 Å². The first-order chi connectivity index (χ1) is 9.51. The van der Waals surface area contributed by atoms with Crippen LogP contribution in [-0.2, 0) is 0 Å². The summed E-state index contributed by atoms with van der Waals surface area (Å²) in [5.74, 6) is -0.636. The minimum atomic E-state index is -0.746. The molecule has 0 aliphatic heterocycles. The maximum atomic E-state index is 13.0. The Hall–Kier alpha value is -2.65. The molecule has 0 aliphatic rings. The van der Waals surface area contributed by atoms with Crippen molar-refractivity contribution >= 4 is 17.3 Å². The Morgan fingerprint density at radius 3 is 2.65 bits per heavy atom. The van der Waals surface area contributed by atoms with E-state index in [1.54, 1.807) is 0 Å². The highest BCUT2D eigenvalue weighted by Gasteiger charge is 2.17. The maximum Gasteiger partial charge on any atom is 0.314 e. The molecule has 0 radical (unpaired) electrons. The average molecular weight is 293 g/mol. The molecule has 20 heavy (non-hydrogen) atoms. The van der Waals surface area contributed by atoms with Crippen LogP contribution >= 0.6 is 11.6 Å². The van der Waals surface area contributed by atoms with Gasteiger partial charge in [-0.05, 0) is 24.3 Å². The molecule has 0 bridgehead atoms. The molecule has 0 saturated carbocycles. The fraction of sp³-hybridized carbons (Fsp3) is 0. The Morgan fingerprint density at radius 1 is 1.30 bits per heavy atom. The van der Waals surface area contributed by atoms with Gasteiger partial charge in [0, 0.05) is 6.07 Å². The molecule has 2 aromatic rings. The third-order valence-corrected chi connectivity index (χ3v) is 2.72. The van der Waals surface area contributed by atoms with Crippen LogP contribution in [-0.4, -0.2) is 4.92 Å². The lowest BCUT2D eigenvalue weighted by atomic mass is 10.2. The number of ether oxygens (including phenoxy) is 1. The zero-order valence-electron chi connectivity index (χ0n) is 9.84. The van der Waals surface area contributed by atoms with Gasteiger partial charge in [-0.2, -0.15) is 5.26 Å². The summed E-state index contributed by atoms with van der Waals surface area (Å²) in [4.78, 5) is 10.1. The van der Waals surface area contributed by atoms with Crippen LogP contribution in [0.4, 0.5) is 10.1 Å². The first-order valence-electron chi connectivity index (χ1n) is 5.32. The van der Waals surface area contributed by atoms with E-state index >= 15 is 0 Å². The molecule has 0 spiro atoms. The number of nitrogens with zero attached hydrogens (tertiary/aromatic N) is 2. The molecule has 0 atom stereocenters. The van der Waals surface area contributed by atoms with Crippen LogP contribution in [0.15, 0.2) is 36.4 Å². The lowest BCUT2D eigenvalue weighted by Gasteiger charge is -2.07. The number of nitro groups is 1. The summed E-state index contributed by atoms with van der Waals surface area (Å²) in [7, 11) is 0. The minimum absolute atomic E-state index is 0.114. The van der Waals surface area contributed by atoms with Gasteiger partial charge < -0.3 is 4.74 Å². The van der Waals surface area contributed by atoms with Crippen molar-refractivity contribution in [3.63, 3.8) is 0 Å². The molecular weight excluding hydrogens is 287 g/mol. The predicted octanol–water partition coefficient (Wildman–Crippen LogP) is 4.05. The van der Waals surface area contributed by atoms with Gasteiger partial charge in [0.2, 0.25) is 5.75 Å². The highest BCUT2D eigenvalue weighted by Crippen LogP contribution is 2.33. The van der Waals surface area contributed by atoms with Crippen LogP contribution in [0.5, 0.6) is 11.5 Å². The molecular formula is C13H6ClFN2O3. The van der Waals surface area contributed by atoms with Crippen molar-refractivity contribution in [1.82, 2.24) is 0 Å². The van der Waals surface area contributed by atoms with Crippen molar-refractivity contribution < 1.29 is 14.1 Å². The maximum absolute atomic E-state index is 13.0. The number of nitriles is 1. The van der Waals surface area contributed by atoms with E-state index in [2.05, 4.69) is 0 Å². The number of benzene rings is 2. The second kappa shape index (κ2) is 5.55. The van der Waals surface area contributed by atoms with E-state index in [0.717, 1.165) is 18.2 Å². The molecule has 0 fully saturated rings. The lowest BCUT2D eigenvalue weighted by Crippen LogP contribution is -1.94. The first kappa shape index (κ1) is 13.8. The van der Waals surface area contributed by atoms with Gasteiger partial charge in [-0.1, -0.05) is 11.6 Å². The molecule has 0 heterocycles. The van der Waals surface area contributed by atoms with Crippen molar-refractivity contribution in [3.8, 4) is 17.6 Å². The highest BCUT2D eigenvalue weighted by atomic mass is 35.5. The normalized spacial score (nSPS) is 9.85. The standard InChI is InChI=1S/C13H6ClFN2O3/c14-11-6-10(3-1-8(11)7-16)20-13-4-2-9(15)5-12(13)17(18)19/h1-6H. The van der Waals surface area contributed by atoms with Crippen LogP contribution < -0.4 is 4.74 Å². The Labute approximate surface area is 117 Å². The quantitative estimate of drug-likeness (QED) is 0.631. The number of hydrogen-bond donors (Lipinski definition) is 0. The highest BCUT2D eigenvalue weighted by molar-refractivity contribution is 6.31. The third kappa shape index (κ3) is 2.84. The van der Waals surface area contributed by atoms with Crippen molar-refractivity contribution in [3.05, 3.63) is 62.9 Å². The van der Waals surface area contributed by atoms with E-state index < -0.39 is 16.4 Å². The molecule has 100 valence electrons. The summed E-state index contributed by atoms with van der Waals surface area (Å²) in [6.45, 7) is 0. The fourth-order valence-corrected chi connectivity index (χ4v) is 1.71. The number of halogens is 2. The van der Waals surface area contributed by atoms with Crippen molar-refractivity contribution in [2.45, 2.75) is 0 Å². The number of nitro benzene ring substituents is 1. The molecule has 2 rings (SSSR count). The minimum Gasteiger partial charge on any atom is -0.450 e. The summed E-state index contributed by atoms with van der Waals surface area (Å²) < 4.78 is 18.3. The van der Waals surface area contributed by atoms with Gasteiger partial charge in [-0.3, -0.25) is 10.1 Å². The number of hydrogen-bond acceptors (Lipinski definition) is 4. The van der Waals surface area contributed by atoms with Crippen molar-refractivity contribution in [2.75, 3.05) is 0 Å². The zero-order chi connectivity index (χ0) is 14.7. The summed E-state index contributed by atoms with van der Waals surface area (Å²) in [5.41, 5.74) is -0.238. The van der Waals surface area contributed by atoms with Gasteiger partial charge in [0.1, 0.15) is 17.6 Å². The van der Waals surface area contributed by atoms with Gasteiger partial charge in [0.05, 0.1) is 21.6 Å². The van der Waals surface area contributed by atoms with Gasteiger partial charge in [-0.15, -0.1) is 0 Å². The molecule has 2 aromatic carbocycles. The summed E-state index contributed by atoms with van der Waals surface area (Å²) in [6, 6.07) is 9.06. The lowest BCUT2D eigenvalue weighted by molar-refractivity contribution is -0.385. The SMILES string of the molecule is N#Cc1ccc(Oc2ccc(F)cc2[N+](=O)[O-])cc1Cl. The van der Waals surface area contributed by atoms with Gasteiger partial charge in [0.15, 0.2) is 0 Å². The Kier molecular flexibility index (Phi) is 3.82. The first-order valence-corrected chi connectivity index (χ1v) is 5.70. The topological polar surface area (TPSA) is 76.2 Å². The van der Waals surface area contributed by atoms with Crippen LogP contribution in [0.2, 0.25) is 5.02 Å². The van der Waals surface area contributed by atoms with Crippen molar-refractivity contribution in [2.24, 2.45) is 0 Å². The second-order valence-electron chi connectivity index (χ2n) is 3.72. The van der Waals surface area contributed by atoms with E-state index in [4.69, 9.17) is 21.6 Å². The van der Waals surface area contributed by atoms with Gasteiger partial charge >= 0.3 is 5.69 Å². The van der Waals surface area contributed by atoms with E-state index in [0.29, 0.717) is 0 Å². The van der Waals surface area contributed by atoms with Crippen molar-refractivity contribution in [1.29, 1.82) is 5.26 Å². The zero-order valence-corrected chi connectivity index (χ0v) is 10.6. The average Bonchev–Trinajstić information content (AvgIpc) is 2.41. The monoisotopic (exact) mass is 292 g/mol. The van der Waals surface area contributed by atoms with Gasteiger partial charge in [-0.25, -0.2) is 4.39 Å². The van der Waals surface area contributed by atoms with Gasteiger partial charge in [0.25, 0.3) is 0 Å². The second-order valence-corrected chi connectivity index (χ2v) is 4.13. The summed E-state index contributed by atoms with van der Waals surface area (Å²) in [5, 5.41) is 19.7. The molecule has 0 saturated heterocycles. The Bertz CT molecular complexity index is 728. The van der Waals surface area contributed by atoms with Crippen LogP contribution in [0.25, 0.3) is 0 Å². The Morgan fingerprint density at radius 2 is 2.05 bits per heavy atom. The van der Waals surface area contributed by atoms with E-state index in [1.165, 1.54) is 18.2 Å². The number of rotatable bonds is 3. The smallest absolute Gasteiger partial charge is 0.314 e. The largest absolute Gasteiger partial charge is 0.450 e. The molecule has 5 nitrogen and oxygen atoms in total. The summed E-state index contributed by atoms with van der Waals surface area (Å²) in [6.07, 6.45) is 0. The molecule has 0 aromatic heterocycles. The predicted molar refractivity (Wildman–Crippen MR) is 69.3 cm³/mol. The molecule has 0 aliphatic carbocycles.